The van der Waals surface area contributed by atoms with E-state index in [1.807, 2.05) is 0 Å². The maximum Gasteiger partial charge on any atom is 0.338 e. The number of amides is 3. The van der Waals surface area contributed by atoms with Crippen LogP contribution < -0.4 is 5.32 Å². The summed E-state index contributed by atoms with van der Waals surface area (Å²) in [5, 5.41) is 2.45. The van der Waals surface area contributed by atoms with E-state index in [9.17, 15) is 23.6 Å². The maximum atomic E-state index is 13.3. The van der Waals surface area contributed by atoms with Crippen LogP contribution in [0.3, 0.4) is 0 Å². The van der Waals surface area contributed by atoms with Gasteiger partial charge in [0.25, 0.3) is 17.7 Å². The van der Waals surface area contributed by atoms with Gasteiger partial charge in [-0.3, -0.25) is 19.3 Å². The zero-order valence-electron chi connectivity index (χ0n) is 16.8. The van der Waals surface area contributed by atoms with E-state index in [1.165, 1.54) is 49.6 Å². The number of halogens is 1. The summed E-state index contributed by atoms with van der Waals surface area (Å²) in [6.45, 7) is 1.33. The number of carbonyl (C=O) groups excluding carboxylic acids is 4. The van der Waals surface area contributed by atoms with Crippen molar-refractivity contribution in [3.8, 4) is 0 Å². The molecular weight excluding hydrogens is 419 g/mol. The molecule has 0 radical (unpaired) electrons. The van der Waals surface area contributed by atoms with Gasteiger partial charge in [-0.1, -0.05) is 6.07 Å². The highest BCUT2D eigenvalue weighted by molar-refractivity contribution is 6.21. The molecule has 9 heteroatoms. The number of furan rings is 1. The molecule has 3 aromatic rings. The van der Waals surface area contributed by atoms with Crippen molar-refractivity contribution < 1.29 is 32.7 Å². The lowest BCUT2D eigenvalue weighted by Gasteiger charge is -2.14. The molecule has 162 valence electrons. The van der Waals surface area contributed by atoms with E-state index in [0.717, 1.165) is 11.0 Å². The Kier molecular flexibility index (Phi) is 5.55. The molecule has 0 saturated carbocycles. The second-order valence-corrected chi connectivity index (χ2v) is 7.08. The second kappa shape index (κ2) is 8.46. The highest BCUT2D eigenvalue weighted by Crippen LogP contribution is 2.26. The Morgan fingerprint density at radius 1 is 1.06 bits per heavy atom. The average molecular weight is 436 g/mol. The maximum absolute atomic E-state index is 13.3. The van der Waals surface area contributed by atoms with Crippen LogP contribution in [0.4, 0.5) is 10.1 Å². The number of nitrogens with one attached hydrogen (secondary N) is 1. The van der Waals surface area contributed by atoms with Crippen molar-refractivity contribution in [2.45, 2.75) is 19.6 Å². The van der Waals surface area contributed by atoms with E-state index in [-0.39, 0.29) is 28.9 Å². The summed E-state index contributed by atoms with van der Waals surface area (Å²) < 4.78 is 23.6. The molecule has 1 aliphatic heterocycles. The normalized spacial score (nSPS) is 13.6. The standard InChI is InChI=1S/C23H17FN2O6/c1-13(20(27)25-16-5-2-4-15(24)11-16)32-23(30)14-7-8-18-19(10-14)22(29)26(21(18)28)12-17-6-3-9-31-17/h2-11,13H,12H2,1H3,(H,25,27). The third kappa shape index (κ3) is 4.13. The summed E-state index contributed by atoms with van der Waals surface area (Å²) >= 11 is 0. The molecule has 0 bridgehead atoms. The zero-order chi connectivity index (χ0) is 22.8. The van der Waals surface area contributed by atoms with Crippen molar-refractivity contribution in [2.24, 2.45) is 0 Å². The molecule has 1 aromatic heterocycles. The van der Waals surface area contributed by atoms with Gasteiger partial charge in [0.05, 0.1) is 29.5 Å². The molecule has 1 N–H and O–H groups in total. The largest absolute Gasteiger partial charge is 0.467 e. The summed E-state index contributed by atoms with van der Waals surface area (Å²) in [4.78, 5) is 51.0. The number of ether oxygens (including phenoxy) is 1. The monoisotopic (exact) mass is 436 g/mol. The molecule has 2 heterocycles. The summed E-state index contributed by atoms with van der Waals surface area (Å²) in [6, 6.07) is 12.5. The van der Waals surface area contributed by atoms with E-state index >= 15 is 0 Å². The molecule has 32 heavy (non-hydrogen) atoms. The average Bonchev–Trinajstić information content (AvgIpc) is 3.36. The van der Waals surface area contributed by atoms with Gasteiger partial charge in [-0.15, -0.1) is 0 Å². The minimum atomic E-state index is -1.19. The number of hydrogen-bond acceptors (Lipinski definition) is 6. The molecule has 1 aliphatic rings. The minimum Gasteiger partial charge on any atom is -0.467 e. The number of esters is 1. The summed E-state index contributed by atoms with van der Waals surface area (Å²) in [7, 11) is 0. The van der Waals surface area contributed by atoms with E-state index in [0.29, 0.717) is 5.76 Å². The number of hydrogen-bond donors (Lipinski definition) is 1. The van der Waals surface area contributed by atoms with Crippen LogP contribution in [-0.2, 0) is 16.1 Å². The molecule has 0 spiro atoms. The van der Waals surface area contributed by atoms with Crippen LogP contribution in [0.25, 0.3) is 0 Å². The molecular formula is C23H17FN2O6. The predicted octanol–water partition coefficient (Wildman–Crippen LogP) is 3.40. The van der Waals surface area contributed by atoms with Gasteiger partial charge >= 0.3 is 5.97 Å². The third-order valence-electron chi connectivity index (χ3n) is 4.85. The Bertz CT molecular complexity index is 1220. The van der Waals surface area contributed by atoms with Gasteiger partial charge < -0.3 is 14.5 Å². The first-order chi connectivity index (χ1) is 15.3. The fraction of sp³-hybridized carbons (Fsp3) is 0.130. The number of imide groups is 1. The molecule has 2 aromatic carbocycles. The lowest BCUT2D eigenvalue weighted by molar-refractivity contribution is -0.123. The number of carbonyl (C=O) groups is 4. The molecule has 4 rings (SSSR count). The Morgan fingerprint density at radius 2 is 1.84 bits per heavy atom. The first-order valence-electron chi connectivity index (χ1n) is 9.63. The van der Waals surface area contributed by atoms with Gasteiger partial charge in [-0.25, -0.2) is 9.18 Å². The van der Waals surface area contributed by atoms with E-state index < -0.39 is 35.6 Å². The second-order valence-electron chi connectivity index (χ2n) is 7.08. The molecule has 0 saturated heterocycles. The Hall–Kier alpha value is -4.27. The molecule has 8 nitrogen and oxygen atoms in total. The third-order valence-corrected chi connectivity index (χ3v) is 4.85. The SMILES string of the molecule is CC(OC(=O)c1ccc2c(c1)C(=O)N(Cc1ccco1)C2=O)C(=O)Nc1cccc(F)c1. The van der Waals surface area contributed by atoms with Gasteiger partial charge in [-0.2, -0.15) is 0 Å². The highest BCUT2D eigenvalue weighted by Gasteiger charge is 2.36. The van der Waals surface area contributed by atoms with Gasteiger partial charge in [0.2, 0.25) is 0 Å². The fourth-order valence-electron chi connectivity index (χ4n) is 3.21. The van der Waals surface area contributed by atoms with Gasteiger partial charge in [-0.05, 0) is 55.5 Å². The molecule has 1 atom stereocenters. The quantitative estimate of drug-likeness (QED) is 0.469. The van der Waals surface area contributed by atoms with Crippen LogP contribution in [0.5, 0.6) is 0 Å². The van der Waals surface area contributed by atoms with Gasteiger partial charge in [0.1, 0.15) is 11.6 Å². The van der Waals surface area contributed by atoms with E-state index in [1.54, 1.807) is 12.1 Å². The molecule has 1 unspecified atom stereocenters. The first-order valence-corrected chi connectivity index (χ1v) is 9.63. The van der Waals surface area contributed by atoms with E-state index in [4.69, 9.17) is 9.15 Å². The number of anilines is 1. The Balaban J connectivity index is 1.44. The Labute approximate surface area is 181 Å². The molecule has 0 aliphatic carbocycles. The lowest BCUT2D eigenvalue weighted by atomic mass is 10.1. The number of fused-ring (bicyclic) bond motifs is 1. The van der Waals surface area contributed by atoms with Crippen molar-refractivity contribution in [1.82, 2.24) is 4.90 Å². The molecule has 3 amide bonds. The number of benzene rings is 2. The van der Waals surface area contributed by atoms with Gasteiger partial charge in [0.15, 0.2) is 6.10 Å². The highest BCUT2D eigenvalue weighted by atomic mass is 19.1. The van der Waals surface area contributed by atoms with Crippen LogP contribution in [0.2, 0.25) is 0 Å². The Morgan fingerprint density at radius 3 is 2.56 bits per heavy atom. The van der Waals surface area contributed by atoms with Crippen LogP contribution in [0, 0.1) is 5.82 Å². The van der Waals surface area contributed by atoms with Crippen molar-refractivity contribution >= 4 is 29.4 Å². The van der Waals surface area contributed by atoms with Crippen molar-refractivity contribution in [1.29, 1.82) is 0 Å². The smallest absolute Gasteiger partial charge is 0.338 e. The number of rotatable bonds is 6. The van der Waals surface area contributed by atoms with E-state index in [2.05, 4.69) is 5.32 Å². The zero-order valence-corrected chi connectivity index (χ0v) is 16.8. The first kappa shape index (κ1) is 21.0. The lowest BCUT2D eigenvalue weighted by Crippen LogP contribution is -2.30. The topological polar surface area (TPSA) is 106 Å². The van der Waals surface area contributed by atoms with Crippen LogP contribution in [0.1, 0.15) is 43.8 Å². The fourth-order valence-corrected chi connectivity index (χ4v) is 3.21. The predicted molar refractivity (Wildman–Crippen MR) is 109 cm³/mol. The summed E-state index contributed by atoms with van der Waals surface area (Å²) in [6.07, 6.45) is 0.250. The van der Waals surface area contributed by atoms with Crippen molar-refractivity contribution in [3.05, 3.63) is 89.1 Å². The molecule has 0 fully saturated rings. The van der Waals surface area contributed by atoms with Crippen molar-refractivity contribution in [3.63, 3.8) is 0 Å². The summed E-state index contributed by atoms with van der Waals surface area (Å²) in [5.41, 5.74) is 0.453. The van der Waals surface area contributed by atoms with Crippen LogP contribution in [0.15, 0.2) is 65.3 Å². The number of nitrogens with zero attached hydrogens (tertiary/aromatic N) is 1. The van der Waals surface area contributed by atoms with Crippen LogP contribution >= 0.6 is 0 Å². The van der Waals surface area contributed by atoms with Crippen molar-refractivity contribution in [2.75, 3.05) is 5.32 Å². The summed E-state index contributed by atoms with van der Waals surface area (Å²) in [5.74, 6) is -2.64. The van der Waals surface area contributed by atoms with Gasteiger partial charge in [0, 0.05) is 5.69 Å². The minimum absolute atomic E-state index is 0.00940. The van der Waals surface area contributed by atoms with Crippen LogP contribution in [-0.4, -0.2) is 34.7 Å².